The molecule has 0 aliphatic carbocycles. The fourth-order valence-corrected chi connectivity index (χ4v) is 5.15. The van der Waals surface area contributed by atoms with Crippen molar-refractivity contribution in [3.63, 3.8) is 0 Å². The number of hydrogen-bond donors (Lipinski definition) is 0. The number of hydrogen-bond acceptors (Lipinski definition) is 5. The van der Waals surface area contributed by atoms with E-state index in [0.717, 1.165) is 12.2 Å². The smallest absolute Gasteiger partial charge is 0.160 e. The summed E-state index contributed by atoms with van der Waals surface area (Å²) in [6, 6.07) is 11.0. The van der Waals surface area contributed by atoms with Gasteiger partial charge in [-0.3, -0.25) is 9.98 Å². The summed E-state index contributed by atoms with van der Waals surface area (Å²) in [6.45, 7) is 5.52. The highest BCUT2D eigenvalue weighted by Crippen LogP contribution is 2.48. The summed E-state index contributed by atoms with van der Waals surface area (Å²) in [5, 5.41) is 1.81. The fraction of sp³-hybridized carbons (Fsp3) is 0.375. The second-order valence-corrected chi connectivity index (χ2v) is 8.31. The van der Waals surface area contributed by atoms with Crippen molar-refractivity contribution in [3.05, 3.63) is 52.0 Å². The predicted molar refractivity (Wildman–Crippen MR) is 90.0 cm³/mol. The first-order valence-corrected chi connectivity index (χ1v) is 8.90. The van der Waals surface area contributed by atoms with Crippen LogP contribution in [0.15, 0.2) is 41.5 Å². The van der Waals surface area contributed by atoms with E-state index in [1.54, 1.807) is 0 Å². The molecule has 2 aliphatic heterocycles. The molecule has 3 nitrogen and oxygen atoms in total. The minimum absolute atomic E-state index is 0.124. The molecule has 0 spiro atoms. The molecule has 21 heavy (non-hydrogen) atoms. The molecule has 4 rings (SSSR count). The second kappa shape index (κ2) is 5.14. The minimum Gasteiger partial charge on any atom is -0.340 e. The normalized spacial score (nSPS) is 27.8. The van der Waals surface area contributed by atoms with Gasteiger partial charge in [-0.05, 0) is 31.2 Å². The number of pyridine rings is 1. The van der Waals surface area contributed by atoms with E-state index < -0.39 is 0 Å². The third kappa shape index (κ3) is 2.28. The fourth-order valence-electron chi connectivity index (χ4n) is 3.04. The number of thioether (sulfide) groups is 1. The van der Waals surface area contributed by atoms with Crippen LogP contribution >= 0.6 is 23.1 Å². The zero-order chi connectivity index (χ0) is 14.4. The molecule has 1 saturated heterocycles. The van der Waals surface area contributed by atoms with Gasteiger partial charge in [-0.2, -0.15) is 0 Å². The summed E-state index contributed by atoms with van der Waals surface area (Å²) in [5.41, 5.74) is 1.07. The maximum atomic E-state index is 4.99. The van der Waals surface area contributed by atoms with E-state index in [1.165, 1.54) is 14.9 Å². The van der Waals surface area contributed by atoms with Crippen LogP contribution in [0.4, 0.5) is 0 Å². The van der Waals surface area contributed by atoms with E-state index in [9.17, 15) is 0 Å². The van der Waals surface area contributed by atoms with Gasteiger partial charge in [-0.1, -0.05) is 24.8 Å². The van der Waals surface area contributed by atoms with Crippen LogP contribution in [-0.4, -0.2) is 26.8 Å². The van der Waals surface area contributed by atoms with Gasteiger partial charge in [-0.15, -0.1) is 11.3 Å². The zero-order valence-corrected chi connectivity index (χ0v) is 13.7. The molecule has 0 radical (unpaired) electrons. The molecule has 3 atom stereocenters. The van der Waals surface area contributed by atoms with Crippen LogP contribution < -0.4 is 0 Å². The lowest BCUT2D eigenvalue weighted by Crippen LogP contribution is -2.27. The lowest BCUT2D eigenvalue weighted by molar-refractivity contribution is 0.326. The van der Waals surface area contributed by atoms with Crippen LogP contribution in [0.2, 0.25) is 0 Å². The molecule has 1 fully saturated rings. The van der Waals surface area contributed by atoms with E-state index >= 15 is 0 Å². The standard InChI is InChI=1S/C16H17N3S2/c1-10-6-7-13(20-10)15-14(12-5-3-4-8-17-12)18-16-19(15)9-11(2)21-16/h3-8,11,14-15H,9H2,1-2H3. The molecule has 108 valence electrons. The SMILES string of the molecule is Cc1ccc(C2C(c3ccccn3)N=C3SC(C)CN32)s1. The molecular formula is C16H17N3S2. The van der Waals surface area contributed by atoms with Crippen molar-refractivity contribution in [1.82, 2.24) is 9.88 Å². The molecule has 3 unspecified atom stereocenters. The topological polar surface area (TPSA) is 28.5 Å². The van der Waals surface area contributed by atoms with Crippen molar-refractivity contribution >= 4 is 28.3 Å². The molecule has 0 N–H and O–H groups in total. The molecule has 2 aromatic rings. The summed E-state index contributed by atoms with van der Waals surface area (Å²) in [7, 11) is 0. The van der Waals surface area contributed by atoms with Crippen molar-refractivity contribution in [2.24, 2.45) is 4.99 Å². The van der Waals surface area contributed by atoms with E-state index in [0.29, 0.717) is 11.3 Å². The van der Waals surface area contributed by atoms with Crippen LogP contribution in [0.25, 0.3) is 0 Å². The average molecular weight is 315 g/mol. The van der Waals surface area contributed by atoms with Crippen LogP contribution in [0.1, 0.15) is 34.5 Å². The number of nitrogens with zero attached hydrogens (tertiary/aromatic N) is 3. The van der Waals surface area contributed by atoms with Gasteiger partial charge in [0.15, 0.2) is 5.17 Å². The van der Waals surface area contributed by atoms with Crippen molar-refractivity contribution in [3.8, 4) is 0 Å². The van der Waals surface area contributed by atoms with E-state index in [1.807, 2.05) is 35.4 Å². The van der Waals surface area contributed by atoms with Crippen LogP contribution in [-0.2, 0) is 0 Å². The van der Waals surface area contributed by atoms with Gasteiger partial charge < -0.3 is 4.90 Å². The highest BCUT2D eigenvalue weighted by Gasteiger charge is 2.43. The number of rotatable bonds is 2. The molecule has 0 bridgehead atoms. The number of amidine groups is 1. The molecule has 5 heteroatoms. The minimum atomic E-state index is 0.124. The summed E-state index contributed by atoms with van der Waals surface area (Å²) in [4.78, 5) is 14.8. The van der Waals surface area contributed by atoms with Crippen molar-refractivity contribution < 1.29 is 0 Å². The van der Waals surface area contributed by atoms with Gasteiger partial charge in [0.25, 0.3) is 0 Å². The number of thiophene rings is 1. The number of fused-ring (bicyclic) bond motifs is 1. The van der Waals surface area contributed by atoms with Crippen LogP contribution in [0, 0.1) is 6.92 Å². The molecule has 4 heterocycles. The Hall–Kier alpha value is -1.33. The monoisotopic (exact) mass is 315 g/mol. The highest BCUT2D eigenvalue weighted by atomic mass is 32.2. The van der Waals surface area contributed by atoms with Gasteiger partial charge in [0.1, 0.15) is 6.04 Å². The number of aryl methyl sites for hydroxylation is 1. The Morgan fingerprint density at radius 3 is 2.86 bits per heavy atom. The van der Waals surface area contributed by atoms with Crippen molar-refractivity contribution in [2.45, 2.75) is 31.2 Å². The first-order valence-electron chi connectivity index (χ1n) is 7.21. The Bertz CT molecular complexity index is 680. The third-order valence-corrected chi connectivity index (χ3v) is 6.11. The largest absolute Gasteiger partial charge is 0.340 e. The summed E-state index contributed by atoms with van der Waals surface area (Å²) >= 11 is 3.77. The van der Waals surface area contributed by atoms with Gasteiger partial charge in [0, 0.05) is 27.7 Å². The zero-order valence-electron chi connectivity index (χ0n) is 12.1. The average Bonchev–Trinajstić information content (AvgIpc) is 3.13. The van der Waals surface area contributed by atoms with E-state index in [2.05, 4.69) is 48.0 Å². The molecule has 0 amide bonds. The first kappa shape index (κ1) is 13.3. The van der Waals surface area contributed by atoms with Crippen LogP contribution in [0.5, 0.6) is 0 Å². The summed E-state index contributed by atoms with van der Waals surface area (Å²) < 4.78 is 0. The van der Waals surface area contributed by atoms with Gasteiger partial charge in [0.05, 0.1) is 11.7 Å². The number of aliphatic imine (C=N–C) groups is 1. The lowest BCUT2D eigenvalue weighted by atomic mass is 10.0. The summed E-state index contributed by atoms with van der Waals surface area (Å²) in [5.74, 6) is 0. The van der Waals surface area contributed by atoms with Crippen molar-refractivity contribution in [1.29, 1.82) is 0 Å². The van der Waals surface area contributed by atoms with E-state index in [-0.39, 0.29) is 6.04 Å². The van der Waals surface area contributed by atoms with Gasteiger partial charge >= 0.3 is 0 Å². The van der Waals surface area contributed by atoms with Gasteiger partial charge in [-0.25, -0.2) is 0 Å². The molecule has 2 aromatic heterocycles. The Kier molecular flexibility index (Phi) is 3.27. The van der Waals surface area contributed by atoms with E-state index in [4.69, 9.17) is 4.99 Å². The maximum absolute atomic E-state index is 4.99. The number of aromatic nitrogens is 1. The Morgan fingerprint density at radius 2 is 2.14 bits per heavy atom. The van der Waals surface area contributed by atoms with Gasteiger partial charge in [0.2, 0.25) is 0 Å². The lowest BCUT2D eigenvalue weighted by Gasteiger charge is -2.25. The Balaban J connectivity index is 1.77. The first-order chi connectivity index (χ1) is 10.2. The predicted octanol–water partition coefficient (Wildman–Crippen LogP) is 4.04. The molecule has 2 aliphatic rings. The Labute approximate surface area is 133 Å². The quantitative estimate of drug-likeness (QED) is 0.837. The second-order valence-electron chi connectivity index (χ2n) is 5.59. The Morgan fingerprint density at radius 1 is 1.24 bits per heavy atom. The van der Waals surface area contributed by atoms with Crippen molar-refractivity contribution in [2.75, 3.05) is 6.54 Å². The molecule has 0 aromatic carbocycles. The van der Waals surface area contributed by atoms with Crippen LogP contribution in [0.3, 0.4) is 0 Å². The highest BCUT2D eigenvalue weighted by molar-refractivity contribution is 8.14. The molecule has 0 saturated carbocycles. The summed E-state index contributed by atoms with van der Waals surface area (Å²) in [6.07, 6.45) is 1.87. The molecular weight excluding hydrogens is 298 g/mol. The maximum Gasteiger partial charge on any atom is 0.160 e. The third-order valence-electron chi connectivity index (χ3n) is 3.93.